The fourth-order valence-electron chi connectivity index (χ4n) is 7.85. The van der Waals surface area contributed by atoms with Crippen molar-refractivity contribution >= 4 is 44.4 Å². The molecule has 2 aliphatic carbocycles. The number of hydrogen-bond acceptors (Lipinski definition) is 7. The first-order valence-electron chi connectivity index (χ1n) is 15.9. The number of anilines is 1. The van der Waals surface area contributed by atoms with E-state index in [4.69, 9.17) is 16.3 Å². The van der Waals surface area contributed by atoms with Gasteiger partial charge in [0, 0.05) is 35.0 Å². The van der Waals surface area contributed by atoms with E-state index in [0.717, 1.165) is 37.8 Å². The summed E-state index contributed by atoms with van der Waals surface area (Å²) in [5.41, 5.74) is 1.81. The number of nitrogens with one attached hydrogen (secondary N) is 1. The number of amides is 1. The number of carbonyl (C=O) groups excluding carboxylic acids is 1. The number of carbonyl (C=O) groups is 1. The molecule has 11 heteroatoms. The molecule has 0 unspecified atom stereocenters. The van der Waals surface area contributed by atoms with E-state index in [1.54, 1.807) is 37.5 Å². The van der Waals surface area contributed by atoms with Crippen molar-refractivity contribution in [3.63, 3.8) is 0 Å². The number of nitrogens with zero attached hydrogens (tertiary/aromatic N) is 1. The first-order valence-corrected chi connectivity index (χ1v) is 19.5. The summed E-state index contributed by atoms with van der Waals surface area (Å²) in [7, 11) is -3.99. The minimum Gasteiger partial charge on any atom is -0.616 e. The van der Waals surface area contributed by atoms with Gasteiger partial charge in [0.1, 0.15) is 17.1 Å². The lowest BCUT2D eigenvalue weighted by atomic mass is 9.64. The lowest BCUT2D eigenvalue weighted by Gasteiger charge is -2.48. The van der Waals surface area contributed by atoms with Crippen LogP contribution in [-0.2, 0) is 33.0 Å². The number of hydrogen-bond donors (Lipinski definition) is 2. The maximum Gasteiger partial charge on any atom is 0.264 e. The minimum absolute atomic E-state index is 0.113. The Morgan fingerprint density at radius 1 is 1.20 bits per heavy atom. The maximum atomic E-state index is 13.4. The van der Waals surface area contributed by atoms with Crippen LogP contribution in [0.25, 0.3) is 0 Å². The molecule has 7 atom stereocenters. The van der Waals surface area contributed by atoms with Crippen LogP contribution in [0.4, 0.5) is 5.69 Å². The first kappa shape index (κ1) is 32.7. The minimum atomic E-state index is -3.99. The summed E-state index contributed by atoms with van der Waals surface area (Å²) in [5.74, 6) is -0.247. The average Bonchev–Trinajstić information content (AvgIpc) is 3.10. The second-order valence-corrected chi connectivity index (χ2v) is 17.6. The zero-order valence-electron chi connectivity index (χ0n) is 26.1. The number of ether oxygens (including phenoxy) is 1. The molecule has 0 saturated heterocycles. The van der Waals surface area contributed by atoms with Gasteiger partial charge in [-0.05, 0) is 98.7 Å². The Hall–Kier alpha value is -2.24. The molecular weight excluding hydrogens is 632 g/mol. The van der Waals surface area contributed by atoms with Gasteiger partial charge in [-0.15, -0.1) is 0 Å². The van der Waals surface area contributed by atoms with Gasteiger partial charge in [0.15, 0.2) is 0 Å². The predicted octanol–water partition coefficient (Wildman–Crippen LogP) is 4.99. The highest BCUT2D eigenvalue weighted by molar-refractivity contribution is 7.91. The van der Waals surface area contributed by atoms with E-state index in [1.807, 2.05) is 25.1 Å². The highest BCUT2D eigenvalue weighted by Gasteiger charge is 2.49. The van der Waals surface area contributed by atoms with E-state index in [1.165, 1.54) is 11.1 Å². The molecular formula is C34H43ClN2O6S2. The van der Waals surface area contributed by atoms with Crippen molar-refractivity contribution in [1.29, 1.82) is 0 Å². The number of fused-ring (bicyclic) bond motifs is 4. The molecule has 2 aromatic rings. The number of allylic oxidation sites excluding steroid dienone is 1. The molecule has 244 valence electrons. The molecule has 2 aliphatic heterocycles. The number of aryl methyl sites for hydroxylation is 1. The molecule has 0 radical (unpaired) electrons. The third-order valence-corrected chi connectivity index (χ3v) is 13.7. The molecule has 0 aromatic heterocycles. The van der Waals surface area contributed by atoms with Gasteiger partial charge in [0.05, 0.1) is 23.8 Å². The summed E-state index contributed by atoms with van der Waals surface area (Å²) in [6, 6.07) is 11.2. The molecule has 2 bridgehead atoms. The Bertz CT molecular complexity index is 1600. The van der Waals surface area contributed by atoms with E-state index >= 15 is 0 Å². The van der Waals surface area contributed by atoms with Crippen LogP contribution >= 0.6 is 11.6 Å². The Morgan fingerprint density at radius 3 is 2.73 bits per heavy atom. The summed E-state index contributed by atoms with van der Waals surface area (Å²) in [6.45, 7) is 5.10. The summed E-state index contributed by atoms with van der Waals surface area (Å²) in [5, 5.41) is 11.9. The second-order valence-electron chi connectivity index (χ2n) is 13.7. The van der Waals surface area contributed by atoms with Crippen LogP contribution in [0.3, 0.4) is 0 Å². The summed E-state index contributed by atoms with van der Waals surface area (Å²) in [4.78, 5) is 15.7. The number of halogens is 1. The van der Waals surface area contributed by atoms with Gasteiger partial charge in [0.2, 0.25) is 10.0 Å². The number of sulfonamides is 1. The summed E-state index contributed by atoms with van der Waals surface area (Å²) >= 11 is 5.16. The largest absolute Gasteiger partial charge is 0.616 e. The van der Waals surface area contributed by atoms with Crippen molar-refractivity contribution in [3.05, 3.63) is 70.3 Å². The normalized spacial score (nSPS) is 34.3. The summed E-state index contributed by atoms with van der Waals surface area (Å²) < 4.78 is 48.0. The van der Waals surface area contributed by atoms with Crippen LogP contribution in [0.1, 0.15) is 67.4 Å². The molecule has 6 rings (SSSR count). The second kappa shape index (κ2) is 12.4. The molecule has 2 aromatic carbocycles. The third kappa shape index (κ3) is 6.38. The Morgan fingerprint density at radius 2 is 2.00 bits per heavy atom. The fraction of sp³-hybridized carbons (Fsp3) is 0.559. The van der Waals surface area contributed by atoms with Gasteiger partial charge >= 0.3 is 0 Å². The Balaban J connectivity index is 1.45. The molecule has 1 fully saturated rings. The van der Waals surface area contributed by atoms with Crippen molar-refractivity contribution in [2.24, 2.45) is 17.8 Å². The van der Waals surface area contributed by atoms with Crippen LogP contribution in [0, 0.1) is 17.8 Å². The van der Waals surface area contributed by atoms with Crippen LogP contribution < -0.4 is 14.4 Å². The van der Waals surface area contributed by atoms with Crippen molar-refractivity contribution in [3.8, 4) is 5.75 Å². The molecule has 2 heterocycles. The molecule has 4 aliphatic rings. The smallest absolute Gasteiger partial charge is 0.264 e. The van der Waals surface area contributed by atoms with E-state index in [-0.39, 0.29) is 34.5 Å². The van der Waals surface area contributed by atoms with Crippen molar-refractivity contribution in [2.45, 2.75) is 68.6 Å². The van der Waals surface area contributed by atoms with E-state index in [9.17, 15) is 22.9 Å². The molecule has 1 amide bonds. The molecule has 1 saturated carbocycles. The highest BCUT2D eigenvalue weighted by atomic mass is 35.5. The Labute approximate surface area is 274 Å². The van der Waals surface area contributed by atoms with Crippen LogP contribution in [0.15, 0.2) is 48.6 Å². The van der Waals surface area contributed by atoms with Crippen LogP contribution in [-0.4, -0.2) is 66.5 Å². The number of benzene rings is 2. The number of aliphatic hydroxyl groups is 1. The van der Waals surface area contributed by atoms with Crippen LogP contribution in [0.2, 0.25) is 5.02 Å². The van der Waals surface area contributed by atoms with Gasteiger partial charge < -0.3 is 19.3 Å². The zero-order chi connectivity index (χ0) is 32.1. The van der Waals surface area contributed by atoms with Crippen molar-refractivity contribution in [2.75, 3.05) is 36.6 Å². The SMILES string of the molecule is C[C@@H]1[C@@H](C)C/C=C/[C@](O)(C[S@+](C)[O-])[C@@H]2CC[C@H]2CN2C[C@@]3(CCCc4cc(Cl)ccc43)COc3ccc(cc32)C(=O)NS1(=O)=O. The highest BCUT2D eigenvalue weighted by Crippen LogP contribution is 2.48. The Kier molecular flexibility index (Phi) is 9.02. The van der Waals surface area contributed by atoms with Gasteiger partial charge in [-0.3, -0.25) is 4.79 Å². The lowest BCUT2D eigenvalue weighted by molar-refractivity contribution is -0.0289. The van der Waals surface area contributed by atoms with Crippen molar-refractivity contribution in [1.82, 2.24) is 4.72 Å². The molecule has 1 spiro atoms. The lowest BCUT2D eigenvalue weighted by Crippen LogP contribution is -2.54. The predicted molar refractivity (Wildman–Crippen MR) is 179 cm³/mol. The quantitative estimate of drug-likeness (QED) is 0.340. The molecule has 8 nitrogen and oxygen atoms in total. The van der Waals surface area contributed by atoms with E-state index in [0.29, 0.717) is 36.9 Å². The van der Waals surface area contributed by atoms with Gasteiger partial charge in [-0.1, -0.05) is 47.9 Å². The molecule has 45 heavy (non-hydrogen) atoms. The van der Waals surface area contributed by atoms with Gasteiger partial charge in [-0.25, -0.2) is 13.1 Å². The van der Waals surface area contributed by atoms with Gasteiger partial charge in [-0.2, -0.15) is 0 Å². The number of rotatable bonds is 2. The standard InChI is InChI=1S/C34H43ClN2O6S2/c1-22-6-4-15-34(39,21-44(3)40)29-11-8-26(29)18-37-19-33(14-5-7-24-16-27(35)10-12-28(24)33)20-43-31-13-9-25(17-30(31)37)32(38)36-45(41,42)23(22)2/h4,9-10,12-13,15-17,22-23,26,29,39H,5-8,11,14,18-21H2,1-3H3,(H,36,38)/b15-4+/t22-,23+,26-,29+,33-,34-,44-/m0/s1. The molecule has 2 N–H and O–H groups in total. The van der Waals surface area contributed by atoms with E-state index < -0.39 is 38.0 Å². The zero-order valence-corrected chi connectivity index (χ0v) is 28.5. The average molecular weight is 675 g/mol. The van der Waals surface area contributed by atoms with Gasteiger partial charge in [0.25, 0.3) is 5.91 Å². The van der Waals surface area contributed by atoms with Crippen LogP contribution in [0.5, 0.6) is 5.75 Å². The third-order valence-electron chi connectivity index (χ3n) is 10.7. The monoisotopic (exact) mass is 674 g/mol. The summed E-state index contributed by atoms with van der Waals surface area (Å²) in [6.07, 6.45) is 10.1. The van der Waals surface area contributed by atoms with Crippen molar-refractivity contribution < 1.29 is 27.6 Å². The maximum absolute atomic E-state index is 13.4. The van der Waals surface area contributed by atoms with E-state index in [2.05, 4.69) is 15.7 Å². The topological polar surface area (TPSA) is 119 Å². The fourth-order valence-corrected chi connectivity index (χ4v) is 10.3. The first-order chi connectivity index (χ1) is 21.3.